The van der Waals surface area contributed by atoms with Gasteiger partial charge in [-0.1, -0.05) is 241 Å². The quantitative estimate of drug-likeness (QED) is 0.140. The highest BCUT2D eigenvalue weighted by Gasteiger charge is 2.58. The zero-order valence-electron chi connectivity index (χ0n) is 47.6. The number of fused-ring (bicyclic) bond motifs is 7. The topological polar surface area (TPSA) is 9.72 Å². The molecule has 1 saturated carbocycles. The van der Waals surface area contributed by atoms with Gasteiger partial charge in [-0.25, -0.2) is 0 Å². The molecule has 0 radical (unpaired) electrons. The lowest BCUT2D eigenvalue weighted by Gasteiger charge is -2.51. The molecule has 1 fully saturated rings. The van der Waals surface area contributed by atoms with Crippen molar-refractivity contribution in [3.8, 4) is 55.6 Å². The lowest BCUT2D eigenvalue weighted by molar-refractivity contribution is 0.195. The lowest BCUT2D eigenvalue weighted by Crippen LogP contribution is -2.61. The summed E-state index contributed by atoms with van der Waals surface area (Å²) in [6.45, 7) is 12.0. The summed E-state index contributed by atoms with van der Waals surface area (Å²) in [5.41, 5.74) is 28.2. The maximum Gasteiger partial charge on any atom is 0.252 e. The Bertz CT molecular complexity index is 4230. The summed E-state index contributed by atoms with van der Waals surface area (Å²) in [5, 5.41) is 0. The summed E-state index contributed by atoms with van der Waals surface area (Å²) in [6, 6.07) is 98.6. The third kappa shape index (κ3) is 8.01. The van der Waals surface area contributed by atoms with E-state index in [4.69, 9.17) is 0 Å². The second-order valence-corrected chi connectivity index (χ2v) is 24.8. The SMILES string of the molecule is CC(C)(C)c1ccc(-c2ccc3c(c2)C2(C)CCCCC2(C)N3c2cc3c4c(c2)N(c2cccc(-c5ccccc5)c2)c2cc(-c5ccccc5)ccc2B4c2cc(-c4ccccc4)ccc2N3c2ccc(-c3ccccc3)cc2)cc1. The summed E-state index contributed by atoms with van der Waals surface area (Å²) in [7, 11) is 0. The van der Waals surface area contributed by atoms with Crippen molar-refractivity contribution in [3.05, 3.63) is 272 Å². The number of anilines is 8. The van der Waals surface area contributed by atoms with Gasteiger partial charge in [-0.05, 0) is 169 Å². The van der Waals surface area contributed by atoms with Gasteiger partial charge in [0.2, 0.25) is 0 Å². The van der Waals surface area contributed by atoms with E-state index in [1.165, 1.54) is 130 Å². The summed E-state index contributed by atoms with van der Waals surface area (Å²) in [6.07, 6.45) is 4.61. The van der Waals surface area contributed by atoms with Crippen LogP contribution in [0.15, 0.2) is 261 Å². The van der Waals surface area contributed by atoms with Crippen LogP contribution >= 0.6 is 0 Å². The van der Waals surface area contributed by atoms with E-state index in [0.29, 0.717) is 0 Å². The van der Waals surface area contributed by atoms with Crippen LogP contribution in [-0.2, 0) is 10.8 Å². The first-order valence-electron chi connectivity index (χ1n) is 29.6. The van der Waals surface area contributed by atoms with Gasteiger partial charge >= 0.3 is 0 Å². The van der Waals surface area contributed by atoms with Gasteiger partial charge in [0.1, 0.15) is 0 Å². The third-order valence-corrected chi connectivity index (χ3v) is 19.2. The Kier molecular flexibility index (Phi) is 11.7. The number of hydrogen-bond donors (Lipinski definition) is 0. The Morgan fingerprint density at radius 3 is 1.41 bits per heavy atom. The second-order valence-electron chi connectivity index (χ2n) is 24.8. The van der Waals surface area contributed by atoms with E-state index >= 15 is 0 Å². The third-order valence-electron chi connectivity index (χ3n) is 19.2. The minimum atomic E-state index is -0.215. The summed E-state index contributed by atoms with van der Waals surface area (Å²) >= 11 is 0. The fourth-order valence-corrected chi connectivity index (χ4v) is 14.7. The predicted molar refractivity (Wildman–Crippen MR) is 349 cm³/mol. The van der Waals surface area contributed by atoms with E-state index in [2.05, 4.69) is 310 Å². The average Bonchev–Trinajstić information content (AvgIpc) is 1.54. The number of nitrogens with zero attached hydrogens (tertiary/aromatic N) is 3. The molecule has 3 heterocycles. The first kappa shape index (κ1) is 49.9. The van der Waals surface area contributed by atoms with E-state index in [-0.39, 0.29) is 23.1 Å². The molecule has 15 rings (SSSR count). The molecule has 0 saturated heterocycles. The van der Waals surface area contributed by atoms with Crippen molar-refractivity contribution < 1.29 is 0 Å². The Morgan fingerprint density at radius 2 is 0.805 bits per heavy atom. The molecule has 0 N–H and O–H groups in total. The highest BCUT2D eigenvalue weighted by Crippen LogP contribution is 2.62. The van der Waals surface area contributed by atoms with Gasteiger partial charge in [-0.15, -0.1) is 0 Å². The molecule has 0 amide bonds. The van der Waals surface area contributed by atoms with Crippen molar-refractivity contribution in [3.63, 3.8) is 0 Å². The van der Waals surface area contributed by atoms with E-state index in [0.717, 1.165) is 24.2 Å². The molecular weight excluding hydrogens is 990 g/mol. The van der Waals surface area contributed by atoms with Crippen molar-refractivity contribution in [2.75, 3.05) is 14.7 Å². The van der Waals surface area contributed by atoms with Gasteiger partial charge in [0.25, 0.3) is 6.71 Å². The molecule has 11 aromatic carbocycles. The number of rotatable bonds is 8. The Hall–Kier alpha value is -9.12. The smallest absolute Gasteiger partial charge is 0.252 e. The first-order chi connectivity index (χ1) is 40.0. The van der Waals surface area contributed by atoms with E-state index < -0.39 is 0 Å². The zero-order valence-corrected chi connectivity index (χ0v) is 47.6. The molecule has 2 unspecified atom stereocenters. The molecule has 3 aliphatic heterocycles. The van der Waals surface area contributed by atoms with Crippen molar-refractivity contribution in [2.45, 2.75) is 76.7 Å². The van der Waals surface area contributed by atoms with Crippen LogP contribution in [0.5, 0.6) is 0 Å². The highest BCUT2D eigenvalue weighted by molar-refractivity contribution is 7.00. The van der Waals surface area contributed by atoms with Crippen LogP contribution in [0.4, 0.5) is 45.5 Å². The van der Waals surface area contributed by atoms with Gasteiger partial charge in [-0.3, -0.25) is 0 Å². The largest absolute Gasteiger partial charge is 0.334 e. The normalized spacial score (nSPS) is 17.6. The number of hydrogen-bond acceptors (Lipinski definition) is 3. The minimum absolute atomic E-state index is 0.0837. The van der Waals surface area contributed by atoms with Crippen molar-refractivity contribution >= 4 is 68.6 Å². The van der Waals surface area contributed by atoms with Crippen molar-refractivity contribution in [1.29, 1.82) is 0 Å². The van der Waals surface area contributed by atoms with Gasteiger partial charge in [0.05, 0.1) is 5.54 Å². The van der Waals surface area contributed by atoms with Gasteiger partial charge in [0, 0.05) is 50.9 Å². The van der Waals surface area contributed by atoms with Crippen LogP contribution in [-0.4, -0.2) is 12.3 Å². The molecule has 4 aliphatic rings. The summed E-state index contributed by atoms with van der Waals surface area (Å²) in [4.78, 5) is 8.03. The van der Waals surface area contributed by atoms with Crippen LogP contribution in [0.3, 0.4) is 0 Å². The molecular formula is C78H66BN3. The average molecular weight is 1060 g/mol. The Balaban J connectivity index is 1.02. The van der Waals surface area contributed by atoms with E-state index in [1.807, 2.05) is 0 Å². The van der Waals surface area contributed by atoms with Crippen LogP contribution in [0, 0.1) is 0 Å². The monoisotopic (exact) mass is 1060 g/mol. The molecule has 0 bridgehead atoms. The molecule has 4 heteroatoms. The summed E-state index contributed by atoms with van der Waals surface area (Å²) < 4.78 is 0. The fraction of sp³-hybridized carbons (Fsp3) is 0.154. The second kappa shape index (κ2) is 19.3. The summed E-state index contributed by atoms with van der Waals surface area (Å²) in [5.74, 6) is 0. The van der Waals surface area contributed by atoms with Crippen LogP contribution < -0.4 is 31.1 Å². The predicted octanol–water partition coefficient (Wildman–Crippen LogP) is 19.1. The van der Waals surface area contributed by atoms with E-state index in [9.17, 15) is 0 Å². The molecule has 82 heavy (non-hydrogen) atoms. The van der Waals surface area contributed by atoms with Crippen molar-refractivity contribution in [1.82, 2.24) is 0 Å². The van der Waals surface area contributed by atoms with Crippen LogP contribution in [0.1, 0.15) is 71.4 Å². The van der Waals surface area contributed by atoms with Crippen LogP contribution in [0.25, 0.3) is 55.6 Å². The standard InChI is InChI=1S/C78H66BN3/c1-76(2,3)63-38-31-58(32-39-63)60-36-43-70-67(48-60)77(4)45-18-19-46-78(77,5)82(70)66-51-73-75-74(52-66)81(65-30-20-29-59(47-65)54-23-12-7-13-24-54)72-50-62(56-27-16-9-17-28-56)35-42-68(72)79(75)69-49-61(55-25-14-8-15-26-55)37-44-71(69)80(73)64-40-33-57(34-41-64)53-21-10-6-11-22-53/h6-17,20-44,47-52H,18-19,45-46H2,1-5H3. The first-order valence-corrected chi connectivity index (χ1v) is 29.6. The van der Waals surface area contributed by atoms with Crippen molar-refractivity contribution in [2.24, 2.45) is 0 Å². The van der Waals surface area contributed by atoms with Gasteiger partial charge in [0.15, 0.2) is 0 Å². The molecule has 0 aromatic heterocycles. The molecule has 396 valence electrons. The minimum Gasteiger partial charge on any atom is -0.334 e. The molecule has 3 nitrogen and oxygen atoms in total. The molecule has 11 aromatic rings. The van der Waals surface area contributed by atoms with Gasteiger partial charge < -0.3 is 14.7 Å². The molecule has 0 spiro atoms. The Labute approximate surface area is 484 Å². The van der Waals surface area contributed by atoms with Crippen LogP contribution in [0.2, 0.25) is 0 Å². The fourth-order valence-electron chi connectivity index (χ4n) is 14.7. The lowest BCUT2D eigenvalue weighted by atomic mass is 9.33. The maximum atomic E-state index is 2.80. The molecule has 2 atom stereocenters. The number of benzene rings is 11. The Morgan fingerprint density at radius 1 is 0.341 bits per heavy atom. The zero-order chi connectivity index (χ0) is 55.3. The molecule has 1 aliphatic carbocycles. The van der Waals surface area contributed by atoms with E-state index in [1.54, 1.807) is 0 Å². The highest BCUT2D eigenvalue weighted by atomic mass is 15.3. The maximum absolute atomic E-state index is 2.80. The van der Waals surface area contributed by atoms with Gasteiger partial charge in [-0.2, -0.15) is 0 Å².